The Morgan fingerprint density at radius 3 is 2.44 bits per heavy atom. The van der Waals surface area contributed by atoms with Gasteiger partial charge in [-0.15, -0.1) is 12.4 Å². The molecule has 1 heterocycles. The highest BCUT2D eigenvalue weighted by Gasteiger charge is 2.25. The van der Waals surface area contributed by atoms with Crippen LogP contribution in [0.2, 0.25) is 5.02 Å². The second-order valence-electron chi connectivity index (χ2n) is 7.73. The van der Waals surface area contributed by atoms with Crippen LogP contribution in [0, 0.1) is 0 Å². The van der Waals surface area contributed by atoms with Crippen LogP contribution in [0.15, 0.2) is 48.5 Å². The van der Waals surface area contributed by atoms with Crippen molar-refractivity contribution >= 4 is 41.8 Å². The van der Waals surface area contributed by atoms with Crippen LogP contribution < -0.4 is 16.0 Å². The molecule has 3 atom stereocenters. The monoisotopic (exact) mass is 479 g/mol. The van der Waals surface area contributed by atoms with Gasteiger partial charge in [-0.1, -0.05) is 48.0 Å². The number of aliphatic carboxylic acids is 1. The third-order valence-corrected chi connectivity index (χ3v) is 5.69. The minimum Gasteiger partial charge on any atom is -0.480 e. The molecule has 7 nitrogen and oxygen atoms in total. The van der Waals surface area contributed by atoms with E-state index in [2.05, 4.69) is 16.0 Å². The topological polar surface area (TPSA) is 108 Å². The number of amides is 2. The lowest BCUT2D eigenvalue weighted by molar-refractivity contribution is -0.141. The Morgan fingerprint density at radius 2 is 1.78 bits per heavy atom. The molecule has 4 N–H and O–H groups in total. The van der Waals surface area contributed by atoms with E-state index in [4.69, 9.17) is 16.7 Å². The van der Waals surface area contributed by atoms with Crippen LogP contribution in [0.1, 0.15) is 36.0 Å². The maximum atomic E-state index is 12.8. The molecule has 0 radical (unpaired) electrons. The van der Waals surface area contributed by atoms with Gasteiger partial charge in [-0.25, -0.2) is 0 Å². The molecule has 1 aliphatic heterocycles. The van der Waals surface area contributed by atoms with Crippen molar-refractivity contribution < 1.29 is 19.5 Å². The van der Waals surface area contributed by atoms with E-state index in [0.717, 1.165) is 11.1 Å². The number of rotatable bonds is 8. The molecule has 0 bridgehead atoms. The molecular weight excluding hydrogens is 453 g/mol. The predicted octanol–water partition coefficient (Wildman–Crippen LogP) is 2.66. The van der Waals surface area contributed by atoms with E-state index in [1.165, 1.54) is 12.5 Å². The fourth-order valence-corrected chi connectivity index (χ4v) is 3.74. The number of fused-ring (bicyclic) bond motifs is 1. The van der Waals surface area contributed by atoms with Crippen LogP contribution in [-0.2, 0) is 27.3 Å². The molecule has 1 aliphatic rings. The van der Waals surface area contributed by atoms with Gasteiger partial charge in [-0.2, -0.15) is 0 Å². The van der Waals surface area contributed by atoms with Gasteiger partial charge < -0.3 is 21.1 Å². The van der Waals surface area contributed by atoms with Gasteiger partial charge in [-0.05, 0) is 42.2 Å². The Bertz CT molecular complexity index is 953. The van der Waals surface area contributed by atoms with Crippen molar-refractivity contribution in [1.82, 2.24) is 16.0 Å². The number of benzene rings is 2. The zero-order valence-corrected chi connectivity index (χ0v) is 19.2. The van der Waals surface area contributed by atoms with Crippen LogP contribution in [0.4, 0.5) is 0 Å². The minimum absolute atomic E-state index is 0. The summed E-state index contributed by atoms with van der Waals surface area (Å²) in [5.74, 6) is -1.95. The van der Waals surface area contributed by atoms with Crippen LogP contribution in [0.25, 0.3) is 0 Å². The first kappa shape index (κ1) is 25.6. The SMILES string of the molecule is C[C@H](NC(=O)C[C@@H](CNC(=O)[C@@H]1Cc2ccccc2CN1)c1ccc(Cl)cc1)C(=O)O.Cl. The van der Waals surface area contributed by atoms with Crippen molar-refractivity contribution in [2.24, 2.45) is 0 Å². The molecule has 2 amide bonds. The highest BCUT2D eigenvalue weighted by atomic mass is 35.5. The Balaban J connectivity index is 0.00000363. The number of nitrogens with one attached hydrogen (secondary N) is 3. The Kier molecular flexibility index (Phi) is 9.50. The molecule has 0 unspecified atom stereocenters. The molecule has 2 aromatic rings. The van der Waals surface area contributed by atoms with Crippen LogP contribution in [-0.4, -0.2) is 41.5 Å². The molecule has 0 aromatic heterocycles. The maximum absolute atomic E-state index is 12.8. The summed E-state index contributed by atoms with van der Waals surface area (Å²) in [4.78, 5) is 36.2. The molecule has 3 rings (SSSR count). The summed E-state index contributed by atoms with van der Waals surface area (Å²) < 4.78 is 0. The summed E-state index contributed by atoms with van der Waals surface area (Å²) in [7, 11) is 0. The van der Waals surface area contributed by atoms with Gasteiger partial charge >= 0.3 is 5.97 Å². The molecule has 32 heavy (non-hydrogen) atoms. The van der Waals surface area contributed by atoms with Crippen molar-refractivity contribution in [2.45, 2.75) is 44.3 Å². The second-order valence-corrected chi connectivity index (χ2v) is 8.17. The van der Waals surface area contributed by atoms with Crippen LogP contribution in [0.3, 0.4) is 0 Å². The number of carbonyl (C=O) groups excluding carboxylic acids is 2. The lowest BCUT2D eigenvalue weighted by Crippen LogP contribution is -2.48. The molecule has 0 fully saturated rings. The van der Waals surface area contributed by atoms with Crippen molar-refractivity contribution in [3.63, 3.8) is 0 Å². The van der Waals surface area contributed by atoms with Gasteiger partial charge in [0.05, 0.1) is 6.04 Å². The summed E-state index contributed by atoms with van der Waals surface area (Å²) in [5.41, 5.74) is 3.18. The average molecular weight is 480 g/mol. The van der Waals surface area contributed by atoms with Gasteiger partial charge in [0, 0.05) is 30.5 Å². The maximum Gasteiger partial charge on any atom is 0.325 e. The van der Waals surface area contributed by atoms with E-state index < -0.39 is 17.9 Å². The molecular formula is C23H27Cl2N3O4. The molecule has 172 valence electrons. The predicted molar refractivity (Wildman–Crippen MR) is 125 cm³/mol. The first-order valence-electron chi connectivity index (χ1n) is 10.2. The largest absolute Gasteiger partial charge is 0.480 e. The lowest BCUT2D eigenvalue weighted by Gasteiger charge is -2.26. The molecule has 9 heteroatoms. The van der Waals surface area contributed by atoms with Gasteiger partial charge in [0.2, 0.25) is 11.8 Å². The van der Waals surface area contributed by atoms with E-state index in [1.54, 1.807) is 12.1 Å². The van der Waals surface area contributed by atoms with Crippen LogP contribution in [0.5, 0.6) is 0 Å². The Morgan fingerprint density at radius 1 is 1.12 bits per heavy atom. The highest BCUT2D eigenvalue weighted by Crippen LogP contribution is 2.22. The summed E-state index contributed by atoms with van der Waals surface area (Å²) in [6, 6.07) is 13.8. The first-order chi connectivity index (χ1) is 14.8. The Labute approximate surface area is 198 Å². The zero-order chi connectivity index (χ0) is 22.4. The standard InChI is InChI=1S/C23H26ClN3O4.ClH/c1-14(23(30)31)27-21(28)11-18(15-6-8-19(24)9-7-15)13-26-22(29)20-10-16-4-2-3-5-17(16)12-25-20;/h2-9,14,18,20,25H,10-13H2,1H3,(H,26,29)(H,27,28)(H,30,31);1H/t14-,18-,20-;/m0./s1. The zero-order valence-electron chi connectivity index (χ0n) is 17.6. The number of hydrogen-bond acceptors (Lipinski definition) is 4. The smallest absolute Gasteiger partial charge is 0.325 e. The number of halogens is 2. The summed E-state index contributed by atoms with van der Waals surface area (Å²) in [6.45, 7) is 2.28. The van der Waals surface area contributed by atoms with Crippen molar-refractivity contribution in [3.05, 3.63) is 70.2 Å². The van der Waals surface area contributed by atoms with Crippen molar-refractivity contribution in [2.75, 3.05) is 6.54 Å². The van der Waals surface area contributed by atoms with Gasteiger partial charge in [0.1, 0.15) is 6.04 Å². The normalized spacial score (nSPS) is 16.6. The van der Waals surface area contributed by atoms with E-state index in [0.29, 0.717) is 18.0 Å². The number of carbonyl (C=O) groups is 3. The summed E-state index contributed by atoms with van der Waals surface area (Å²) in [6.07, 6.45) is 0.644. The third-order valence-electron chi connectivity index (χ3n) is 5.44. The number of carboxylic acids is 1. The van der Waals surface area contributed by atoms with Crippen molar-refractivity contribution in [1.29, 1.82) is 0 Å². The van der Waals surface area contributed by atoms with Crippen LogP contribution >= 0.6 is 24.0 Å². The van der Waals surface area contributed by atoms with E-state index in [-0.39, 0.29) is 43.2 Å². The summed E-state index contributed by atoms with van der Waals surface area (Å²) in [5, 5.41) is 18.2. The quantitative estimate of drug-likeness (QED) is 0.465. The molecule has 0 aliphatic carbocycles. The van der Waals surface area contributed by atoms with E-state index in [1.807, 2.05) is 36.4 Å². The van der Waals surface area contributed by atoms with E-state index >= 15 is 0 Å². The molecule has 0 saturated heterocycles. The van der Waals surface area contributed by atoms with Gasteiger partial charge in [0.15, 0.2) is 0 Å². The van der Waals surface area contributed by atoms with Gasteiger partial charge in [0.25, 0.3) is 0 Å². The fourth-order valence-electron chi connectivity index (χ4n) is 3.62. The minimum atomic E-state index is -1.10. The van der Waals surface area contributed by atoms with Gasteiger partial charge in [-0.3, -0.25) is 14.4 Å². The average Bonchev–Trinajstić information content (AvgIpc) is 2.76. The second kappa shape index (κ2) is 11.9. The van der Waals surface area contributed by atoms with Crippen molar-refractivity contribution in [3.8, 4) is 0 Å². The molecule has 0 saturated carbocycles. The number of hydrogen-bond donors (Lipinski definition) is 4. The highest BCUT2D eigenvalue weighted by molar-refractivity contribution is 6.30. The van der Waals surface area contributed by atoms with E-state index in [9.17, 15) is 14.4 Å². The number of carboxylic acid groups (broad SMARTS) is 1. The molecule has 2 aromatic carbocycles. The third kappa shape index (κ3) is 6.95. The molecule has 0 spiro atoms. The summed E-state index contributed by atoms with van der Waals surface area (Å²) >= 11 is 5.97. The fraction of sp³-hybridized carbons (Fsp3) is 0.348. The Hall–Kier alpha value is -2.61. The first-order valence-corrected chi connectivity index (χ1v) is 10.6. The lowest BCUT2D eigenvalue weighted by atomic mass is 9.93.